The fourth-order valence-corrected chi connectivity index (χ4v) is 1.88. The lowest BCUT2D eigenvalue weighted by molar-refractivity contribution is 0.933. The first-order chi connectivity index (χ1) is 7.77. The molecule has 1 aliphatic carbocycles. The van der Waals surface area contributed by atoms with Crippen LogP contribution in [-0.2, 0) is 6.42 Å². The van der Waals surface area contributed by atoms with Gasteiger partial charge in [-0.1, -0.05) is 63.3 Å². The highest BCUT2D eigenvalue weighted by Gasteiger charge is 2.03. The van der Waals surface area contributed by atoms with Crippen molar-refractivity contribution < 1.29 is 0 Å². The van der Waals surface area contributed by atoms with Crippen molar-refractivity contribution in [2.45, 2.75) is 34.1 Å². The van der Waals surface area contributed by atoms with Crippen LogP contribution in [0.25, 0.3) is 6.08 Å². The van der Waals surface area contributed by atoms with Gasteiger partial charge in [0.1, 0.15) is 0 Å². The highest BCUT2D eigenvalue weighted by Crippen LogP contribution is 2.20. The molecular weight excluding hydrogens is 192 g/mol. The van der Waals surface area contributed by atoms with Gasteiger partial charge in [-0.3, -0.25) is 0 Å². The summed E-state index contributed by atoms with van der Waals surface area (Å²) in [4.78, 5) is 0. The van der Waals surface area contributed by atoms with Crippen LogP contribution in [0.3, 0.4) is 0 Å². The first kappa shape index (κ1) is 12.8. The molecule has 1 aromatic carbocycles. The summed E-state index contributed by atoms with van der Waals surface area (Å²) >= 11 is 0. The number of allylic oxidation sites excluding steroid dienone is 3. The van der Waals surface area contributed by atoms with Crippen LogP contribution in [0, 0.1) is 12.8 Å². The summed E-state index contributed by atoms with van der Waals surface area (Å²) in [5, 5.41) is 0. The Hall–Kier alpha value is -1.30. The minimum atomic E-state index is 0.558. The topological polar surface area (TPSA) is 0 Å². The van der Waals surface area contributed by atoms with E-state index >= 15 is 0 Å². The lowest BCUT2D eigenvalue weighted by atomic mass is 9.95. The fourth-order valence-electron chi connectivity index (χ4n) is 1.88. The Morgan fingerprint density at radius 2 is 1.88 bits per heavy atom. The molecule has 1 aromatic rings. The van der Waals surface area contributed by atoms with Gasteiger partial charge in [0.15, 0.2) is 0 Å². The van der Waals surface area contributed by atoms with Crippen LogP contribution in [0.2, 0.25) is 0 Å². The second kappa shape index (κ2) is 6.32. The lowest BCUT2D eigenvalue weighted by Crippen LogP contribution is -1.94. The van der Waals surface area contributed by atoms with E-state index in [0.717, 1.165) is 6.42 Å². The second-order valence-corrected chi connectivity index (χ2v) is 4.00. The Bertz CT molecular complexity index is 383. The first-order valence-electron chi connectivity index (χ1n) is 6.21. The van der Waals surface area contributed by atoms with Crippen LogP contribution >= 0.6 is 0 Å². The van der Waals surface area contributed by atoms with Crippen LogP contribution in [0.15, 0.2) is 36.4 Å². The molecule has 1 unspecified atom stereocenters. The molecule has 0 amide bonds. The van der Waals surface area contributed by atoms with Crippen molar-refractivity contribution in [1.82, 2.24) is 0 Å². The molecule has 1 aliphatic rings. The molecule has 0 fully saturated rings. The molecule has 0 bridgehead atoms. The van der Waals surface area contributed by atoms with Crippen LogP contribution in [0.4, 0.5) is 0 Å². The highest BCUT2D eigenvalue weighted by atomic mass is 14.1. The van der Waals surface area contributed by atoms with E-state index in [0.29, 0.717) is 5.92 Å². The van der Waals surface area contributed by atoms with E-state index in [1.807, 2.05) is 13.8 Å². The Kier molecular flexibility index (Phi) is 5.04. The van der Waals surface area contributed by atoms with E-state index < -0.39 is 0 Å². The fraction of sp³-hybridized carbons (Fsp3) is 0.375. The summed E-state index contributed by atoms with van der Waals surface area (Å²) in [6, 6.07) is 6.53. The van der Waals surface area contributed by atoms with E-state index in [4.69, 9.17) is 0 Å². The molecule has 0 heteroatoms. The molecule has 0 spiro atoms. The summed E-state index contributed by atoms with van der Waals surface area (Å²) in [6.07, 6.45) is 10.1. The molecule has 86 valence electrons. The number of benzene rings is 1. The van der Waals surface area contributed by atoms with Crippen molar-refractivity contribution >= 4 is 6.08 Å². The third-order valence-electron chi connectivity index (χ3n) is 2.76. The van der Waals surface area contributed by atoms with Crippen molar-refractivity contribution in [3.8, 4) is 0 Å². The summed E-state index contributed by atoms with van der Waals surface area (Å²) in [5.74, 6) is 0.558. The predicted molar refractivity (Wildman–Crippen MR) is 73.6 cm³/mol. The van der Waals surface area contributed by atoms with Gasteiger partial charge in [-0.05, 0) is 36.0 Å². The van der Waals surface area contributed by atoms with Gasteiger partial charge >= 0.3 is 0 Å². The zero-order valence-corrected chi connectivity index (χ0v) is 10.8. The molecule has 0 saturated carbocycles. The molecule has 0 nitrogen and oxygen atoms in total. The maximum atomic E-state index is 2.27. The molecule has 0 heterocycles. The van der Waals surface area contributed by atoms with Crippen molar-refractivity contribution in [2.24, 2.45) is 5.92 Å². The van der Waals surface area contributed by atoms with Gasteiger partial charge in [0.2, 0.25) is 0 Å². The molecule has 0 aromatic heterocycles. The van der Waals surface area contributed by atoms with Crippen molar-refractivity contribution in [2.75, 3.05) is 0 Å². The highest BCUT2D eigenvalue weighted by molar-refractivity contribution is 5.59. The Morgan fingerprint density at radius 1 is 1.12 bits per heavy atom. The largest absolute Gasteiger partial charge is 0.0835 e. The normalized spacial score (nSPS) is 19.9. The van der Waals surface area contributed by atoms with Crippen molar-refractivity contribution in [1.29, 1.82) is 0 Å². The van der Waals surface area contributed by atoms with Crippen LogP contribution in [-0.4, -0.2) is 0 Å². The van der Waals surface area contributed by atoms with Crippen molar-refractivity contribution in [3.63, 3.8) is 0 Å². The molecular formula is C16H22. The van der Waals surface area contributed by atoms with E-state index in [9.17, 15) is 0 Å². The van der Waals surface area contributed by atoms with Gasteiger partial charge in [0, 0.05) is 0 Å². The number of aryl methyl sites for hydroxylation is 1. The molecule has 0 radical (unpaired) electrons. The first-order valence-corrected chi connectivity index (χ1v) is 6.21. The van der Waals surface area contributed by atoms with Crippen LogP contribution in [0.5, 0.6) is 0 Å². The summed E-state index contributed by atoms with van der Waals surface area (Å²) < 4.78 is 0. The Balaban J connectivity index is 0.000000606. The second-order valence-electron chi connectivity index (χ2n) is 4.00. The maximum Gasteiger partial charge on any atom is -0.00784 e. The average molecular weight is 214 g/mol. The van der Waals surface area contributed by atoms with E-state index in [1.165, 1.54) is 16.7 Å². The molecule has 0 aliphatic heterocycles. The van der Waals surface area contributed by atoms with E-state index in [1.54, 1.807) is 0 Å². The molecule has 16 heavy (non-hydrogen) atoms. The molecule has 2 rings (SSSR count). The SMILES string of the molecule is CC.Cc1cccc2c1/C=C\C(C)C=CC2. The van der Waals surface area contributed by atoms with Crippen LogP contribution < -0.4 is 0 Å². The number of rotatable bonds is 0. The zero-order chi connectivity index (χ0) is 12.0. The average Bonchev–Trinajstić information content (AvgIpc) is 2.28. The summed E-state index contributed by atoms with van der Waals surface area (Å²) in [5.41, 5.74) is 4.22. The van der Waals surface area contributed by atoms with Crippen molar-refractivity contribution in [3.05, 3.63) is 53.1 Å². The van der Waals surface area contributed by atoms with Gasteiger partial charge < -0.3 is 0 Å². The molecule has 0 saturated heterocycles. The Labute approximate surface area is 99.7 Å². The van der Waals surface area contributed by atoms with Gasteiger partial charge in [-0.2, -0.15) is 0 Å². The third kappa shape index (κ3) is 3.10. The Morgan fingerprint density at radius 3 is 2.62 bits per heavy atom. The van der Waals surface area contributed by atoms with Gasteiger partial charge in [0.25, 0.3) is 0 Å². The lowest BCUT2D eigenvalue weighted by Gasteiger charge is -2.10. The molecule has 1 atom stereocenters. The van der Waals surface area contributed by atoms with E-state index in [2.05, 4.69) is 56.4 Å². The predicted octanol–water partition coefficient (Wildman–Crippen LogP) is 4.78. The van der Waals surface area contributed by atoms with Gasteiger partial charge in [-0.25, -0.2) is 0 Å². The number of hydrogen-bond donors (Lipinski definition) is 0. The van der Waals surface area contributed by atoms with Crippen LogP contribution in [0.1, 0.15) is 37.5 Å². The number of fused-ring (bicyclic) bond motifs is 1. The van der Waals surface area contributed by atoms with Gasteiger partial charge in [-0.15, -0.1) is 0 Å². The quantitative estimate of drug-likeness (QED) is 0.545. The minimum absolute atomic E-state index is 0.558. The minimum Gasteiger partial charge on any atom is -0.0835 e. The molecule has 0 N–H and O–H groups in total. The van der Waals surface area contributed by atoms with Gasteiger partial charge in [0.05, 0.1) is 0 Å². The zero-order valence-electron chi connectivity index (χ0n) is 10.8. The number of hydrogen-bond acceptors (Lipinski definition) is 0. The summed E-state index contributed by atoms with van der Waals surface area (Å²) in [7, 11) is 0. The smallest absolute Gasteiger partial charge is 0.00784 e. The standard InChI is InChI=1S/C14H16.C2H6/c1-11-5-3-7-13-8-4-6-12(2)14(13)10-9-11;1-2/h3-6,8-11H,7H2,1-2H3;1-2H3/b5-3?,10-9-;. The summed E-state index contributed by atoms with van der Waals surface area (Å²) in [6.45, 7) is 8.40. The monoisotopic (exact) mass is 214 g/mol. The third-order valence-corrected chi connectivity index (χ3v) is 2.76. The maximum absolute atomic E-state index is 2.27. The van der Waals surface area contributed by atoms with E-state index in [-0.39, 0.29) is 0 Å².